The molecule has 1 saturated heterocycles. The van der Waals surface area contributed by atoms with Gasteiger partial charge in [-0.2, -0.15) is 4.98 Å². The van der Waals surface area contributed by atoms with E-state index < -0.39 is 0 Å². The zero-order chi connectivity index (χ0) is 10.7. The Labute approximate surface area is 90.1 Å². The van der Waals surface area contributed by atoms with Crippen molar-refractivity contribution in [3.8, 4) is 0 Å². The lowest BCUT2D eigenvalue weighted by molar-refractivity contribution is 0.311. The molecule has 82 valence electrons. The van der Waals surface area contributed by atoms with Crippen molar-refractivity contribution < 1.29 is 0 Å². The van der Waals surface area contributed by atoms with E-state index in [2.05, 4.69) is 32.1 Å². The first kappa shape index (κ1) is 10.2. The van der Waals surface area contributed by atoms with Crippen LogP contribution in [0.1, 0.15) is 0 Å². The molecule has 1 N–H and O–H groups in total. The largest absolute Gasteiger partial charge is 0.373 e. The molecule has 0 saturated carbocycles. The summed E-state index contributed by atoms with van der Waals surface area (Å²) in [4.78, 5) is 13.3. The molecule has 2 heterocycles. The van der Waals surface area contributed by atoms with Crippen LogP contribution in [0.15, 0.2) is 12.3 Å². The number of piperazine rings is 1. The predicted octanol–water partition coefficient (Wildman–Crippen LogP) is 0.270. The van der Waals surface area contributed by atoms with Gasteiger partial charge in [-0.25, -0.2) is 4.98 Å². The second kappa shape index (κ2) is 4.44. The van der Waals surface area contributed by atoms with Crippen LogP contribution in [0.3, 0.4) is 0 Å². The molecule has 0 unspecified atom stereocenters. The number of aromatic nitrogens is 2. The van der Waals surface area contributed by atoms with Gasteiger partial charge in [-0.3, -0.25) is 0 Å². The fourth-order valence-corrected chi connectivity index (χ4v) is 1.65. The molecule has 0 aromatic carbocycles. The molecular weight excluding hydrogens is 190 g/mol. The van der Waals surface area contributed by atoms with Crippen LogP contribution in [-0.2, 0) is 0 Å². The molecule has 5 nitrogen and oxygen atoms in total. The topological polar surface area (TPSA) is 44.3 Å². The summed E-state index contributed by atoms with van der Waals surface area (Å²) >= 11 is 0. The molecule has 1 aliphatic rings. The van der Waals surface area contributed by atoms with Gasteiger partial charge in [-0.1, -0.05) is 0 Å². The summed E-state index contributed by atoms with van der Waals surface area (Å²) in [5, 5.41) is 3.03. The number of anilines is 2. The van der Waals surface area contributed by atoms with Gasteiger partial charge in [0.1, 0.15) is 5.82 Å². The highest BCUT2D eigenvalue weighted by Crippen LogP contribution is 2.12. The minimum Gasteiger partial charge on any atom is -0.373 e. The molecule has 0 spiro atoms. The van der Waals surface area contributed by atoms with E-state index in [1.54, 1.807) is 6.20 Å². The van der Waals surface area contributed by atoms with Gasteiger partial charge < -0.3 is 15.1 Å². The van der Waals surface area contributed by atoms with Crippen LogP contribution >= 0.6 is 0 Å². The second-order valence-corrected chi connectivity index (χ2v) is 3.78. The lowest BCUT2D eigenvalue weighted by atomic mass is 10.3. The summed E-state index contributed by atoms with van der Waals surface area (Å²) in [5.41, 5.74) is 0. The third-order valence-electron chi connectivity index (χ3n) is 2.69. The first-order chi connectivity index (χ1) is 7.29. The second-order valence-electron chi connectivity index (χ2n) is 3.78. The first-order valence-corrected chi connectivity index (χ1v) is 5.24. The maximum atomic E-state index is 4.43. The van der Waals surface area contributed by atoms with Crippen molar-refractivity contribution >= 4 is 11.8 Å². The summed E-state index contributed by atoms with van der Waals surface area (Å²) in [7, 11) is 4.01. The lowest BCUT2D eigenvalue weighted by Crippen LogP contribution is -2.45. The van der Waals surface area contributed by atoms with Crippen LogP contribution in [0.2, 0.25) is 0 Å². The van der Waals surface area contributed by atoms with Gasteiger partial charge in [0.2, 0.25) is 5.95 Å². The highest BCUT2D eigenvalue weighted by Gasteiger charge is 2.16. The van der Waals surface area contributed by atoms with Crippen molar-refractivity contribution in [2.75, 3.05) is 50.5 Å². The van der Waals surface area contributed by atoms with Crippen LogP contribution in [-0.4, -0.2) is 55.1 Å². The maximum absolute atomic E-state index is 4.43. The van der Waals surface area contributed by atoms with E-state index in [-0.39, 0.29) is 0 Å². The van der Waals surface area contributed by atoms with E-state index in [1.165, 1.54) is 0 Å². The Balaban J connectivity index is 2.08. The standard InChI is InChI=1S/C10H17N5/c1-11-9-3-4-12-10(13-9)15-7-5-14(2)6-8-15/h3-4H,5-8H2,1-2H3,(H,11,12,13). The van der Waals surface area contributed by atoms with Crippen molar-refractivity contribution in [2.24, 2.45) is 0 Å². The molecule has 1 aromatic heterocycles. The zero-order valence-corrected chi connectivity index (χ0v) is 9.27. The van der Waals surface area contributed by atoms with Crippen molar-refractivity contribution in [1.29, 1.82) is 0 Å². The highest BCUT2D eigenvalue weighted by molar-refractivity contribution is 5.40. The van der Waals surface area contributed by atoms with E-state index in [0.717, 1.165) is 37.9 Å². The first-order valence-electron chi connectivity index (χ1n) is 5.24. The van der Waals surface area contributed by atoms with Crippen LogP contribution in [0, 0.1) is 0 Å². The molecule has 0 aliphatic carbocycles. The van der Waals surface area contributed by atoms with E-state index in [9.17, 15) is 0 Å². The normalized spacial score (nSPS) is 17.9. The van der Waals surface area contributed by atoms with Gasteiger partial charge in [-0.15, -0.1) is 0 Å². The van der Waals surface area contributed by atoms with Gasteiger partial charge in [-0.05, 0) is 13.1 Å². The summed E-state index contributed by atoms with van der Waals surface area (Å²) in [6.45, 7) is 4.16. The molecule has 15 heavy (non-hydrogen) atoms. The highest BCUT2D eigenvalue weighted by atomic mass is 15.3. The molecule has 0 bridgehead atoms. The SMILES string of the molecule is CNc1ccnc(N2CCN(C)CC2)n1. The third-order valence-corrected chi connectivity index (χ3v) is 2.69. The molecule has 0 amide bonds. The molecule has 0 radical (unpaired) electrons. The van der Waals surface area contributed by atoms with Gasteiger partial charge in [0, 0.05) is 39.4 Å². The third kappa shape index (κ3) is 2.36. The Hall–Kier alpha value is -1.36. The number of likely N-dealkylation sites (N-methyl/N-ethyl adjacent to an activating group) is 1. The molecule has 5 heteroatoms. The molecule has 2 rings (SSSR count). The smallest absolute Gasteiger partial charge is 0.227 e. The zero-order valence-electron chi connectivity index (χ0n) is 9.27. The van der Waals surface area contributed by atoms with Crippen LogP contribution < -0.4 is 10.2 Å². The fraction of sp³-hybridized carbons (Fsp3) is 0.600. The molecule has 1 aliphatic heterocycles. The van der Waals surface area contributed by atoms with Crippen LogP contribution in [0.25, 0.3) is 0 Å². The number of hydrogen-bond acceptors (Lipinski definition) is 5. The number of hydrogen-bond donors (Lipinski definition) is 1. The van der Waals surface area contributed by atoms with Crippen LogP contribution in [0.5, 0.6) is 0 Å². The molecule has 0 atom stereocenters. The summed E-state index contributed by atoms with van der Waals surface area (Å²) < 4.78 is 0. The minimum atomic E-state index is 0.829. The van der Waals surface area contributed by atoms with Gasteiger partial charge in [0.15, 0.2) is 0 Å². The predicted molar refractivity (Wildman–Crippen MR) is 61.3 cm³/mol. The van der Waals surface area contributed by atoms with Crippen LogP contribution in [0.4, 0.5) is 11.8 Å². The van der Waals surface area contributed by atoms with Crippen molar-refractivity contribution in [2.45, 2.75) is 0 Å². The molecule has 1 fully saturated rings. The Morgan fingerprint density at radius 3 is 2.67 bits per heavy atom. The molecule has 1 aromatic rings. The fourth-order valence-electron chi connectivity index (χ4n) is 1.65. The number of nitrogens with zero attached hydrogens (tertiary/aromatic N) is 4. The van der Waals surface area contributed by atoms with Crippen molar-refractivity contribution in [1.82, 2.24) is 14.9 Å². The summed E-state index contributed by atoms with van der Waals surface area (Å²) in [5.74, 6) is 1.70. The summed E-state index contributed by atoms with van der Waals surface area (Å²) in [6.07, 6.45) is 1.80. The van der Waals surface area contributed by atoms with Gasteiger partial charge in [0.25, 0.3) is 0 Å². The Bertz CT molecular complexity index is 319. The van der Waals surface area contributed by atoms with E-state index in [4.69, 9.17) is 0 Å². The van der Waals surface area contributed by atoms with Crippen molar-refractivity contribution in [3.63, 3.8) is 0 Å². The average molecular weight is 207 g/mol. The Morgan fingerprint density at radius 2 is 2.00 bits per heavy atom. The maximum Gasteiger partial charge on any atom is 0.227 e. The van der Waals surface area contributed by atoms with Gasteiger partial charge >= 0.3 is 0 Å². The quantitative estimate of drug-likeness (QED) is 0.754. The minimum absolute atomic E-state index is 0.829. The number of nitrogens with one attached hydrogen (secondary N) is 1. The Kier molecular flexibility index (Phi) is 3.01. The summed E-state index contributed by atoms with van der Waals surface area (Å²) in [6, 6.07) is 1.87. The Morgan fingerprint density at radius 1 is 1.27 bits per heavy atom. The van der Waals surface area contributed by atoms with E-state index in [1.807, 2.05) is 13.1 Å². The molecular formula is C10H17N5. The average Bonchev–Trinajstić information content (AvgIpc) is 2.30. The van der Waals surface area contributed by atoms with E-state index >= 15 is 0 Å². The van der Waals surface area contributed by atoms with Crippen molar-refractivity contribution in [3.05, 3.63) is 12.3 Å². The number of rotatable bonds is 2. The van der Waals surface area contributed by atoms with E-state index in [0.29, 0.717) is 0 Å². The monoisotopic (exact) mass is 207 g/mol. The van der Waals surface area contributed by atoms with Gasteiger partial charge in [0.05, 0.1) is 0 Å². The lowest BCUT2D eigenvalue weighted by Gasteiger charge is -2.32.